The van der Waals surface area contributed by atoms with Crippen LogP contribution in [0, 0.1) is 0 Å². The van der Waals surface area contributed by atoms with E-state index in [0.717, 1.165) is 5.56 Å². The third-order valence-corrected chi connectivity index (χ3v) is 2.11. The third kappa shape index (κ3) is 2.39. The maximum absolute atomic E-state index is 5.27. The van der Waals surface area contributed by atoms with Crippen LogP contribution in [-0.4, -0.2) is 28.4 Å². The minimum Gasteiger partial charge on any atom is -0.496 e. The van der Waals surface area contributed by atoms with Crippen LogP contribution in [0.2, 0.25) is 0 Å². The molecular formula is C12H16O4. The van der Waals surface area contributed by atoms with Gasteiger partial charge in [0.15, 0.2) is 0 Å². The topological polar surface area (TPSA) is 36.9 Å². The molecule has 88 valence electrons. The minimum atomic E-state index is 0.312. The summed E-state index contributed by atoms with van der Waals surface area (Å²) in [4.78, 5) is 0. The molecule has 0 amide bonds. The Hall–Kier alpha value is -1.84. The number of hydrogen-bond acceptors (Lipinski definition) is 4. The normalized spacial score (nSPS) is 9.25. The highest BCUT2D eigenvalue weighted by atomic mass is 16.7. The first kappa shape index (κ1) is 12.2. The van der Waals surface area contributed by atoms with Gasteiger partial charge in [0.2, 0.25) is 5.76 Å². The molecule has 0 saturated heterocycles. The Morgan fingerprint density at radius 1 is 0.875 bits per heavy atom. The second-order valence-corrected chi connectivity index (χ2v) is 2.93. The molecule has 0 spiro atoms. The largest absolute Gasteiger partial charge is 0.496 e. The number of para-hydroxylation sites is 1. The lowest BCUT2D eigenvalue weighted by atomic mass is 10.1. The molecule has 0 aliphatic heterocycles. The van der Waals surface area contributed by atoms with Crippen molar-refractivity contribution in [3.8, 4) is 5.75 Å². The molecule has 0 bridgehead atoms. The predicted octanol–water partition coefficient (Wildman–Crippen LogP) is 2.26. The summed E-state index contributed by atoms with van der Waals surface area (Å²) >= 11 is 0. The maximum atomic E-state index is 5.27. The van der Waals surface area contributed by atoms with E-state index in [1.165, 1.54) is 14.2 Å². The fourth-order valence-corrected chi connectivity index (χ4v) is 1.40. The van der Waals surface area contributed by atoms with Gasteiger partial charge < -0.3 is 18.9 Å². The molecule has 1 aromatic rings. The fourth-order valence-electron chi connectivity index (χ4n) is 1.40. The Morgan fingerprint density at radius 3 is 2.00 bits per heavy atom. The smallest absolute Gasteiger partial charge is 0.323 e. The van der Waals surface area contributed by atoms with Crippen LogP contribution < -0.4 is 4.74 Å². The second-order valence-electron chi connectivity index (χ2n) is 2.93. The molecule has 4 heteroatoms. The first-order valence-electron chi connectivity index (χ1n) is 4.78. The Labute approximate surface area is 95.4 Å². The van der Waals surface area contributed by atoms with Crippen LogP contribution in [0.5, 0.6) is 5.75 Å². The first-order chi connectivity index (χ1) is 7.78. The van der Waals surface area contributed by atoms with E-state index in [-0.39, 0.29) is 0 Å². The highest BCUT2D eigenvalue weighted by molar-refractivity contribution is 5.66. The van der Waals surface area contributed by atoms with Gasteiger partial charge in [-0.2, -0.15) is 0 Å². The molecule has 4 nitrogen and oxygen atoms in total. The molecule has 0 heterocycles. The van der Waals surface area contributed by atoms with Gasteiger partial charge >= 0.3 is 5.95 Å². The summed E-state index contributed by atoms with van der Waals surface area (Å²) in [6.07, 6.45) is 0. The number of benzene rings is 1. The molecule has 1 rings (SSSR count). The summed E-state index contributed by atoms with van der Waals surface area (Å²) in [7, 11) is 6.20. The summed E-state index contributed by atoms with van der Waals surface area (Å²) in [5.41, 5.74) is 0.784. The molecule has 0 atom stereocenters. The average Bonchev–Trinajstić information content (AvgIpc) is 2.35. The zero-order valence-corrected chi connectivity index (χ0v) is 9.94. The summed E-state index contributed by atoms with van der Waals surface area (Å²) in [6.45, 7) is 0. The highest BCUT2D eigenvalue weighted by Crippen LogP contribution is 2.28. The fraction of sp³-hybridized carbons (Fsp3) is 0.333. The standard InChI is InChI=1S/C12H16O4/c1-13-10-8-6-5-7-9(10)11(14-2)12(15-3)16-4/h5-8H,1-4H3. The van der Waals surface area contributed by atoms with Crippen LogP contribution in [-0.2, 0) is 14.2 Å². The molecule has 0 unspecified atom stereocenters. The van der Waals surface area contributed by atoms with Crippen molar-refractivity contribution in [1.82, 2.24) is 0 Å². The van der Waals surface area contributed by atoms with Crippen LogP contribution in [0.15, 0.2) is 30.2 Å². The van der Waals surface area contributed by atoms with Crippen molar-refractivity contribution < 1.29 is 18.9 Å². The van der Waals surface area contributed by atoms with Crippen LogP contribution in [0.4, 0.5) is 0 Å². The van der Waals surface area contributed by atoms with Crippen molar-refractivity contribution in [3.05, 3.63) is 35.8 Å². The van der Waals surface area contributed by atoms with Crippen molar-refractivity contribution in [2.75, 3.05) is 28.4 Å². The van der Waals surface area contributed by atoms with Gasteiger partial charge in [0, 0.05) is 0 Å². The van der Waals surface area contributed by atoms with Gasteiger partial charge in [0.1, 0.15) is 5.75 Å². The van der Waals surface area contributed by atoms with E-state index in [1.54, 1.807) is 14.2 Å². The summed E-state index contributed by atoms with van der Waals surface area (Å²) in [5.74, 6) is 1.51. The molecule has 0 N–H and O–H groups in total. The van der Waals surface area contributed by atoms with E-state index in [0.29, 0.717) is 17.5 Å². The van der Waals surface area contributed by atoms with Gasteiger partial charge in [0.25, 0.3) is 0 Å². The lowest BCUT2D eigenvalue weighted by Crippen LogP contribution is -2.00. The van der Waals surface area contributed by atoms with Gasteiger partial charge in [-0.1, -0.05) is 12.1 Å². The number of hydrogen-bond donors (Lipinski definition) is 0. The number of ether oxygens (including phenoxy) is 4. The molecular weight excluding hydrogens is 208 g/mol. The summed E-state index contributed by atoms with van der Waals surface area (Å²) in [6, 6.07) is 7.49. The summed E-state index contributed by atoms with van der Waals surface area (Å²) in [5, 5.41) is 0. The first-order valence-corrected chi connectivity index (χ1v) is 4.78. The van der Waals surface area contributed by atoms with Crippen LogP contribution in [0.1, 0.15) is 5.56 Å². The van der Waals surface area contributed by atoms with Crippen molar-refractivity contribution in [3.63, 3.8) is 0 Å². The minimum absolute atomic E-state index is 0.312. The van der Waals surface area contributed by atoms with E-state index in [2.05, 4.69) is 0 Å². The van der Waals surface area contributed by atoms with Crippen molar-refractivity contribution in [2.45, 2.75) is 0 Å². The zero-order valence-electron chi connectivity index (χ0n) is 9.94. The van der Waals surface area contributed by atoms with Crippen LogP contribution in [0.3, 0.4) is 0 Å². The third-order valence-electron chi connectivity index (χ3n) is 2.11. The van der Waals surface area contributed by atoms with Crippen molar-refractivity contribution in [2.24, 2.45) is 0 Å². The highest BCUT2D eigenvalue weighted by Gasteiger charge is 2.15. The van der Waals surface area contributed by atoms with E-state index in [1.807, 2.05) is 24.3 Å². The summed E-state index contributed by atoms with van der Waals surface area (Å²) < 4.78 is 20.7. The zero-order chi connectivity index (χ0) is 12.0. The Morgan fingerprint density at radius 2 is 1.50 bits per heavy atom. The monoisotopic (exact) mass is 224 g/mol. The number of methoxy groups -OCH3 is 4. The second kappa shape index (κ2) is 5.90. The van der Waals surface area contributed by atoms with Crippen molar-refractivity contribution in [1.29, 1.82) is 0 Å². The van der Waals surface area contributed by atoms with E-state index < -0.39 is 0 Å². The SMILES string of the molecule is COC(OC)=C(OC)c1ccccc1OC. The molecule has 0 aliphatic carbocycles. The lowest BCUT2D eigenvalue weighted by Gasteiger charge is -2.13. The molecule has 16 heavy (non-hydrogen) atoms. The molecule has 0 radical (unpaired) electrons. The predicted molar refractivity (Wildman–Crippen MR) is 60.9 cm³/mol. The Kier molecular flexibility index (Phi) is 4.51. The van der Waals surface area contributed by atoms with E-state index >= 15 is 0 Å². The van der Waals surface area contributed by atoms with Crippen LogP contribution in [0.25, 0.3) is 5.76 Å². The molecule has 0 fully saturated rings. The van der Waals surface area contributed by atoms with Gasteiger partial charge in [-0.05, 0) is 12.1 Å². The number of rotatable bonds is 5. The van der Waals surface area contributed by atoms with Gasteiger partial charge in [-0.15, -0.1) is 0 Å². The molecule has 0 aromatic heterocycles. The van der Waals surface area contributed by atoms with Gasteiger partial charge in [-0.25, -0.2) is 0 Å². The Balaban J connectivity index is 3.27. The Bertz CT molecular complexity index is 365. The average molecular weight is 224 g/mol. The van der Waals surface area contributed by atoms with E-state index in [9.17, 15) is 0 Å². The van der Waals surface area contributed by atoms with E-state index in [4.69, 9.17) is 18.9 Å². The van der Waals surface area contributed by atoms with Gasteiger partial charge in [0.05, 0.1) is 34.0 Å². The molecule has 0 saturated carbocycles. The van der Waals surface area contributed by atoms with Crippen molar-refractivity contribution >= 4 is 5.76 Å². The maximum Gasteiger partial charge on any atom is 0.323 e. The quantitative estimate of drug-likeness (QED) is 0.719. The van der Waals surface area contributed by atoms with Gasteiger partial charge in [-0.3, -0.25) is 0 Å². The van der Waals surface area contributed by atoms with Crippen LogP contribution >= 0.6 is 0 Å². The lowest BCUT2D eigenvalue weighted by molar-refractivity contribution is 0.0870. The molecule has 0 aliphatic rings. The molecule has 1 aromatic carbocycles.